The molecular formula is C23H26N2O5. The summed E-state index contributed by atoms with van der Waals surface area (Å²) in [5.74, 6) is -0.291. The molecule has 1 unspecified atom stereocenters. The minimum absolute atomic E-state index is 0.0531. The number of amides is 2. The van der Waals surface area contributed by atoms with Gasteiger partial charge in [-0.2, -0.15) is 0 Å². The highest BCUT2D eigenvalue weighted by atomic mass is 16.6. The maximum Gasteiger partial charge on any atom is 0.343 e. The van der Waals surface area contributed by atoms with Crippen molar-refractivity contribution < 1.29 is 23.9 Å². The number of benzene rings is 2. The van der Waals surface area contributed by atoms with Gasteiger partial charge in [-0.05, 0) is 47.9 Å². The zero-order valence-corrected chi connectivity index (χ0v) is 17.4. The van der Waals surface area contributed by atoms with Crippen LogP contribution in [0.15, 0.2) is 48.5 Å². The minimum Gasteiger partial charge on any atom is -0.482 e. The van der Waals surface area contributed by atoms with E-state index in [1.807, 2.05) is 24.3 Å². The number of rotatable bonds is 7. The van der Waals surface area contributed by atoms with Gasteiger partial charge in [-0.25, -0.2) is 4.79 Å². The number of carbonyl (C=O) groups is 3. The summed E-state index contributed by atoms with van der Waals surface area (Å²) in [7, 11) is 1.29. The fourth-order valence-electron chi connectivity index (χ4n) is 3.26. The van der Waals surface area contributed by atoms with Gasteiger partial charge in [-0.1, -0.05) is 26.0 Å². The van der Waals surface area contributed by atoms with Crippen molar-refractivity contribution in [3.8, 4) is 5.75 Å². The van der Waals surface area contributed by atoms with E-state index in [1.165, 1.54) is 7.11 Å². The smallest absolute Gasteiger partial charge is 0.343 e. The number of methoxy groups -OCH3 is 1. The molecule has 1 aliphatic heterocycles. The lowest BCUT2D eigenvalue weighted by Crippen LogP contribution is -2.28. The van der Waals surface area contributed by atoms with E-state index in [9.17, 15) is 14.4 Å². The predicted molar refractivity (Wildman–Crippen MR) is 114 cm³/mol. The molecule has 1 N–H and O–H groups in total. The SMILES string of the molecule is COC(=O)COc1ccc(NC(=O)C2CC(=O)N(c3cccc(C(C)C)c3)C2)cc1. The number of carbonyl (C=O) groups excluding carboxylic acids is 3. The molecule has 0 bridgehead atoms. The highest BCUT2D eigenvalue weighted by Crippen LogP contribution is 2.28. The van der Waals surface area contributed by atoms with Crippen LogP contribution in [0, 0.1) is 5.92 Å². The van der Waals surface area contributed by atoms with Crippen LogP contribution >= 0.6 is 0 Å². The van der Waals surface area contributed by atoms with Gasteiger partial charge in [0.25, 0.3) is 0 Å². The second kappa shape index (κ2) is 9.43. The maximum atomic E-state index is 12.7. The predicted octanol–water partition coefficient (Wildman–Crippen LogP) is 3.35. The third-order valence-corrected chi connectivity index (χ3v) is 5.05. The first-order valence-electron chi connectivity index (χ1n) is 9.88. The van der Waals surface area contributed by atoms with Gasteiger partial charge in [0.05, 0.1) is 13.0 Å². The van der Waals surface area contributed by atoms with Crippen molar-refractivity contribution in [3.05, 3.63) is 54.1 Å². The fourth-order valence-corrected chi connectivity index (χ4v) is 3.26. The second-order valence-corrected chi connectivity index (χ2v) is 7.53. The first kappa shape index (κ1) is 21.4. The van der Waals surface area contributed by atoms with Gasteiger partial charge in [-0.15, -0.1) is 0 Å². The summed E-state index contributed by atoms with van der Waals surface area (Å²) in [6.45, 7) is 4.38. The zero-order chi connectivity index (χ0) is 21.7. The maximum absolute atomic E-state index is 12.7. The van der Waals surface area contributed by atoms with Crippen LogP contribution in [0.2, 0.25) is 0 Å². The molecule has 7 nitrogen and oxygen atoms in total. The van der Waals surface area contributed by atoms with Crippen molar-refractivity contribution in [2.24, 2.45) is 5.92 Å². The number of nitrogens with one attached hydrogen (secondary N) is 1. The Bertz CT molecular complexity index is 923. The van der Waals surface area contributed by atoms with Crippen molar-refractivity contribution in [2.75, 3.05) is 30.5 Å². The van der Waals surface area contributed by atoms with E-state index in [0.29, 0.717) is 23.9 Å². The van der Waals surface area contributed by atoms with Crippen LogP contribution in [0.1, 0.15) is 31.7 Å². The van der Waals surface area contributed by atoms with Crippen LogP contribution in [0.5, 0.6) is 5.75 Å². The summed E-state index contributed by atoms with van der Waals surface area (Å²) in [6.07, 6.45) is 0.179. The van der Waals surface area contributed by atoms with E-state index in [-0.39, 0.29) is 24.8 Å². The normalized spacial score (nSPS) is 15.9. The number of hydrogen-bond donors (Lipinski definition) is 1. The van der Waals surface area contributed by atoms with Gasteiger partial charge in [0, 0.05) is 24.3 Å². The fraction of sp³-hybridized carbons (Fsp3) is 0.348. The molecule has 158 valence electrons. The number of nitrogens with zero attached hydrogens (tertiary/aromatic N) is 1. The average molecular weight is 410 g/mol. The van der Waals surface area contributed by atoms with Crippen molar-refractivity contribution in [1.29, 1.82) is 0 Å². The molecule has 0 aromatic heterocycles. The molecule has 2 amide bonds. The molecular weight excluding hydrogens is 384 g/mol. The summed E-state index contributed by atoms with van der Waals surface area (Å²) >= 11 is 0. The number of hydrogen-bond acceptors (Lipinski definition) is 5. The molecule has 2 aromatic rings. The summed E-state index contributed by atoms with van der Waals surface area (Å²) in [6, 6.07) is 14.6. The van der Waals surface area contributed by atoms with Crippen LogP contribution in [0.25, 0.3) is 0 Å². The molecule has 0 saturated carbocycles. The Labute approximate surface area is 176 Å². The van der Waals surface area contributed by atoms with Crippen LogP contribution in [-0.4, -0.2) is 38.0 Å². The first-order chi connectivity index (χ1) is 14.4. The number of anilines is 2. The minimum atomic E-state index is -0.471. The van der Waals surface area contributed by atoms with E-state index in [2.05, 4.69) is 23.9 Å². The number of ether oxygens (including phenoxy) is 2. The van der Waals surface area contributed by atoms with Gasteiger partial charge < -0.3 is 19.7 Å². The summed E-state index contributed by atoms with van der Waals surface area (Å²) in [5.41, 5.74) is 2.58. The molecule has 0 aliphatic carbocycles. The zero-order valence-electron chi connectivity index (χ0n) is 17.4. The van der Waals surface area contributed by atoms with Crippen LogP contribution in [-0.2, 0) is 19.1 Å². The van der Waals surface area contributed by atoms with Crippen LogP contribution < -0.4 is 15.0 Å². The molecule has 1 fully saturated rings. The van der Waals surface area contributed by atoms with Gasteiger partial charge >= 0.3 is 5.97 Å². The Hall–Kier alpha value is -3.35. The second-order valence-electron chi connectivity index (χ2n) is 7.53. The molecule has 3 rings (SSSR count). The van der Waals surface area contributed by atoms with Crippen LogP contribution in [0.4, 0.5) is 11.4 Å². The first-order valence-corrected chi connectivity index (χ1v) is 9.88. The molecule has 1 aliphatic rings. The van der Waals surface area contributed by atoms with Gasteiger partial charge in [0.15, 0.2) is 6.61 Å². The third-order valence-electron chi connectivity index (χ3n) is 5.05. The lowest BCUT2D eigenvalue weighted by molar-refractivity contribution is -0.142. The van der Waals surface area contributed by atoms with E-state index >= 15 is 0 Å². The molecule has 0 spiro atoms. The third kappa shape index (κ3) is 5.17. The summed E-state index contributed by atoms with van der Waals surface area (Å²) < 4.78 is 9.80. The standard InChI is InChI=1S/C23H26N2O5/c1-15(2)16-5-4-6-19(11-16)25-13-17(12-21(25)26)23(28)24-18-7-9-20(10-8-18)30-14-22(27)29-3/h4-11,15,17H,12-14H2,1-3H3,(H,24,28). The van der Waals surface area contributed by atoms with Crippen LogP contribution in [0.3, 0.4) is 0 Å². The number of esters is 1. The lowest BCUT2D eigenvalue weighted by atomic mass is 10.0. The molecule has 1 atom stereocenters. The Kier molecular flexibility index (Phi) is 6.72. The summed E-state index contributed by atoms with van der Waals surface area (Å²) in [4.78, 5) is 38.0. The Morgan fingerprint density at radius 3 is 2.57 bits per heavy atom. The molecule has 1 heterocycles. The Morgan fingerprint density at radius 2 is 1.90 bits per heavy atom. The molecule has 30 heavy (non-hydrogen) atoms. The molecule has 7 heteroatoms. The Balaban J connectivity index is 1.59. The van der Waals surface area contributed by atoms with E-state index in [1.54, 1.807) is 29.2 Å². The lowest BCUT2D eigenvalue weighted by Gasteiger charge is -2.18. The average Bonchev–Trinajstić information content (AvgIpc) is 3.15. The van der Waals surface area contributed by atoms with Gasteiger partial charge in [0.2, 0.25) is 11.8 Å². The van der Waals surface area contributed by atoms with Crippen molar-refractivity contribution in [3.63, 3.8) is 0 Å². The highest BCUT2D eigenvalue weighted by molar-refractivity contribution is 6.03. The topological polar surface area (TPSA) is 84.9 Å². The quantitative estimate of drug-likeness (QED) is 0.708. The van der Waals surface area contributed by atoms with Crippen molar-refractivity contribution in [2.45, 2.75) is 26.2 Å². The molecule has 2 aromatic carbocycles. The molecule has 1 saturated heterocycles. The Morgan fingerprint density at radius 1 is 1.17 bits per heavy atom. The largest absolute Gasteiger partial charge is 0.482 e. The van der Waals surface area contributed by atoms with E-state index < -0.39 is 11.9 Å². The summed E-state index contributed by atoms with van der Waals surface area (Å²) in [5, 5.41) is 2.84. The monoisotopic (exact) mass is 410 g/mol. The molecule has 0 radical (unpaired) electrons. The highest BCUT2D eigenvalue weighted by Gasteiger charge is 2.35. The van der Waals surface area contributed by atoms with Gasteiger partial charge in [-0.3, -0.25) is 9.59 Å². The van der Waals surface area contributed by atoms with E-state index in [0.717, 1.165) is 11.3 Å². The van der Waals surface area contributed by atoms with Crippen molar-refractivity contribution >= 4 is 29.2 Å². The van der Waals surface area contributed by atoms with E-state index in [4.69, 9.17) is 4.74 Å². The van der Waals surface area contributed by atoms with Gasteiger partial charge in [0.1, 0.15) is 5.75 Å². The van der Waals surface area contributed by atoms with Crippen molar-refractivity contribution in [1.82, 2.24) is 0 Å².